The van der Waals surface area contributed by atoms with Crippen LogP contribution in [0.5, 0.6) is 0 Å². The Morgan fingerprint density at radius 2 is 1.89 bits per heavy atom. The summed E-state index contributed by atoms with van der Waals surface area (Å²) in [7, 11) is -3.92. The molecule has 1 amide bonds. The van der Waals surface area contributed by atoms with Gasteiger partial charge in [-0.2, -0.15) is 9.04 Å². The number of fused-ring (bicyclic) bond motifs is 1. The fraction of sp³-hybridized carbons (Fsp3) is 0.200. The number of terminal acetylenes is 1. The van der Waals surface area contributed by atoms with Crippen LogP contribution in [0.1, 0.15) is 16.2 Å². The lowest BCUT2D eigenvalue weighted by Crippen LogP contribution is -2.58. The number of aromatic nitrogens is 4. The molecule has 0 saturated carbocycles. The van der Waals surface area contributed by atoms with Crippen LogP contribution >= 0.6 is 0 Å². The highest BCUT2D eigenvalue weighted by atomic mass is 32.2. The Bertz CT molecular complexity index is 1610. The maximum Gasteiger partial charge on any atom is 0.292 e. The Morgan fingerprint density at radius 3 is 2.57 bits per heavy atom. The van der Waals surface area contributed by atoms with Gasteiger partial charge in [0.15, 0.2) is 12.4 Å². The average Bonchev–Trinajstić information content (AvgIpc) is 3.37. The monoisotopic (exact) mass is 518 g/mol. The summed E-state index contributed by atoms with van der Waals surface area (Å²) < 4.78 is 28.6. The second-order valence-corrected chi connectivity index (χ2v) is 10.4. The lowest BCUT2D eigenvalue weighted by atomic mass is 10.1. The number of hydrogen-bond acceptors (Lipinski definition) is 7. The number of aliphatic hydroxyl groups excluding tert-OH is 1. The number of aromatic amines is 1. The quantitative estimate of drug-likeness (QED) is 0.225. The molecule has 12 heteroatoms. The van der Waals surface area contributed by atoms with Crippen LogP contribution in [0.3, 0.4) is 0 Å². The molecule has 4 aromatic rings. The summed E-state index contributed by atoms with van der Waals surface area (Å²) in [4.78, 5) is 25.7. The molecule has 4 heterocycles. The van der Waals surface area contributed by atoms with Gasteiger partial charge in [0, 0.05) is 66.2 Å². The highest BCUT2D eigenvalue weighted by Crippen LogP contribution is 2.25. The molecule has 1 aliphatic rings. The second kappa shape index (κ2) is 9.62. The number of carbonyl (C=O) groups excluding carboxylic acids is 1. The van der Waals surface area contributed by atoms with Gasteiger partial charge >= 0.3 is 0 Å². The number of aliphatic hydroxyl groups is 1. The minimum absolute atomic E-state index is 0.00970. The van der Waals surface area contributed by atoms with Crippen LogP contribution in [0, 0.1) is 17.6 Å². The average molecular weight is 519 g/mol. The summed E-state index contributed by atoms with van der Waals surface area (Å²) in [6.45, 7) is -0.439. The van der Waals surface area contributed by atoms with Crippen LogP contribution in [0.15, 0.2) is 66.2 Å². The SMILES string of the molecule is C#Cc1ccc2[nH]c(S(=O)(=O)N3CCN(C(=O)c4ncc(-c5cc[n+]([O-])cc5)cn4)C(CO)C3)cc2c1. The van der Waals surface area contributed by atoms with Crippen LogP contribution in [0.2, 0.25) is 0 Å². The van der Waals surface area contributed by atoms with Gasteiger partial charge in [-0.05, 0) is 29.8 Å². The Kier molecular flexibility index (Phi) is 6.34. The van der Waals surface area contributed by atoms with Crippen molar-refractivity contribution in [1.82, 2.24) is 24.2 Å². The summed E-state index contributed by atoms with van der Waals surface area (Å²) >= 11 is 0. The third-order valence-electron chi connectivity index (χ3n) is 6.28. The number of benzene rings is 1. The molecule has 3 aromatic heterocycles. The van der Waals surface area contributed by atoms with Gasteiger partial charge in [0.2, 0.25) is 5.82 Å². The zero-order valence-electron chi connectivity index (χ0n) is 19.5. The van der Waals surface area contributed by atoms with Crippen molar-refractivity contribution >= 4 is 26.8 Å². The van der Waals surface area contributed by atoms with E-state index in [-0.39, 0.29) is 30.5 Å². The van der Waals surface area contributed by atoms with Crippen LogP contribution in [0.4, 0.5) is 0 Å². The fourth-order valence-corrected chi connectivity index (χ4v) is 5.75. The molecule has 1 aromatic carbocycles. The van der Waals surface area contributed by atoms with Gasteiger partial charge in [-0.1, -0.05) is 5.92 Å². The van der Waals surface area contributed by atoms with Crippen molar-refractivity contribution in [3.8, 4) is 23.5 Å². The van der Waals surface area contributed by atoms with E-state index in [0.29, 0.717) is 32.3 Å². The van der Waals surface area contributed by atoms with E-state index < -0.39 is 28.6 Å². The van der Waals surface area contributed by atoms with Crippen molar-refractivity contribution < 1.29 is 23.0 Å². The van der Waals surface area contributed by atoms with Crippen molar-refractivity contribution in [2.75, 3.05) is 26.2 Å². The summed E-state index contributed by atoms with van der Waals surface area (Å²) in [6.07, 6.45) is 11.1. The normalized spacial score (nSPS) is 16.5. The van der Waals surface area contributed by atoms with E-state index in [0.717, 1.165) is 0 Å². The summed E-state index contributed by atoms with van der Waals surface area (Å²) in [5.41, 5.74) is 2.61. The molecule has 37 heavy (non-hydrogen) atoms. The lowest BCUT2D eigenvalue weighted by Gasteiger charge is -2.39. The topological polar surface area (TPSA) is 146 Å². The molecular formula is C25H22N6O5S. The maximum absolute atomic E-state index is 13.3. The summed E-state index contributed by atoms with van der Waals surface area (Å²) in [5.74, 6) is 1.94. The van der Waals surface area contributed by atoms with E-state index in [1.165, 1.54) is 40.1 Å². The lowest BCUT2D eigenvalue weighted by molar-refractivity contribution is -0.605. The molecule has 1 fully saturated rings. The number of amides is 1. The van der Waals surface area contributed by atoms with E-state index >= 15 is 0 Å². The molecule has 1 atom stereocenters. The van der Waals surface area contributed by atoms with Gasteiger partial charge in [-0.25, -0.2) is 18.4 Å². The van der Waals surface area contributed by atoms with Gasteiger partial charge in [0.05, 0.1) is 12.6 Å². The summed E-state index contributed by atoms with van der Waals surface area (Å²) in [5, 5.41) is 21.9. The molecule has 1 aliphatic heterocycles. The molecule has 2 N–H and O–H groups in total. The number of piperazine rings is 1. The Morgan fingerprint density at radius 1 is 1.16 bits per heavy atom. The standard InChI is InChI=1S/C25H22N6O5S/c1-2-17-3-4-22-19(11-17)12-23(28-22)37(35,36)30-9-10-31(21(15-30)16-32)25(33)24-26-13-20(14-27-24)18-5-7-29(34)8-6-18/h1,3-8,11-14,21,28,32H,9-10,15-16H2. The number of H-pyrrole nitrogens is 1. The van der Waals surface area contributed by atoms with Gasteiger partial charge < -0.3 is 20.2 Å². The van der Waals surface area contributed by atoms with Gasteiger partial charge in [0.25, 0.3) is 15.9 Å². The van der Waals surface area contributed by atoms with Crippen molar-refractivity contribution in [3.63, 3.8) is 0 Å². The first-order chi connectivity index (χ1) is 17.8. The molecule has 0 spiro atoms. The van der Waals surface area contributed by atoms with Crippen LogP contribution < -0.4 is 4.73 Å². The summed E-state index contributed by atoms with van der Waals surface area (Å²) in [6, 6.07) is 9.12. The van der Waals surface area contributed by atoms with Crippen molar-refractivity contribution in [2.45, 2.75) is 11.1 Å². The smallest absolute Gasteiger partial charge is 0.292 e. The largest absolute Gasteiger partial charge is 0.619 e. The molecule has 0 radical (unpaired) electrons. The zero-order chi connectivity index (χ0) is 26.2. The molecule has 1 saturated heterocycles. The van der Waals surface area contributed by atoms with Gasteiger partial charge in [0.1, 0.15) is 5.03 Å². The zero-order valence-corrected chi connectivity index (χ0v) is 20.3. The highest BCUT2D eigenvalue weighted by molar-refractivity contribution is 7.89. The predicted octanol–water partition coefficient (Wildman–Crippen LogP) is 0.747. The minimum Gasteiger partial charge on any atom is -0.619 e. The molecule has 0 aliphatic carbocycles. The molecular weight excluding hydrogens is 496 g/mol. The fourth-order valence-electron chi connectivity index (χ4n) is 4.26. The van der Waals surface area contributed by atoms with Crippen molar-refractivity contribution in [2.24, 2.45) is 0 Å². The van der Waals surface area contributed by atoms with Crippen LogP contribution in [0.25, 0.3) is 22.0 Å². The van der Waals surface area contributed by atoms with Gasteiger partial charge in [-0.3, -0.25) is 4.79 Å². The van der Waals surface area contributed by atoms with E-state index in [1.807, 2.05) is 0 Å². The second-order valence-electron chi connectivity index (χ2n) is 8.52. The van der Waals surface area contributed by atoms with E-state index in [2.05, 4.69) is 20.9 Å². The Hall–Kier alpha value is -4.31. The molecule has 11 nitrogen and oxygen atoms in total. The molecule has 5 rings (SSSR count). The predicted molar refractivity (Wildman–Crippen MR) is 133 cm³/mol. The Balaban J connectivity index is 1.32. The minimum atomic E-state index is -3.92. The number of rotatable bonds is 5. The number of nitrogens with zero attached hydrogens (tertiary/aromatic N) is 5. The van der Waals surface area contributed by atoms with Gasteiger partial charge in [-0.15, -0.1) is 6.42 Å². The van der Waals surface area contributed by atoms with Crippen LogP contribution in [-0.2, 0) is 10.0 Å². The number of carbonyl (C=O) groups is 1. The first-order valence-electron chi connectivity index (χ1n) is 11.3. The number of hydrogen-bond donors (Lipinski definition) is 2. The molecule has 0 bridgehead atoms. The van der Waals surface area contributed by atoms with Crippen molar-refractivity contribution in [1.29, 1.82) is 0 Å². The molecule has 188 valence electrons. The molecule has 1 unspecified atom stereocenters. The maximum atomic E-state index is 13.3. The number of sulfonamides is 1. The van der Waals surface area contributed by atoms with E-state index in [1.54, 1.807) is 30.3 Å². The Labute approximate surface area is 212 Å². The first kappa shape index (κ1) is 24.4. The number of nitrogens with one attached hydrogen (secondary N) is 1. The number of pyridine rings is 1. The third kappa shape index (κ3) is 4.63. The third-order valence-corrected chi connectivity index (χ3v) is 8.06. The first-order valence-corrected chi connectivity index (χ1v) is 12.8. The van der Waals surface area contributed by atoms with Crippen LogP contribution in [-0.4, -0.2) is 75.9 Å². The van der Waals surface area contributed by atoms with E-state index in [4.69, 9.17) is 6.42 Å². The van der Waals surface area contributed by atoms with Crippen molar-refractivity contribution in [3.05, 3.63) is 77.8 Å². The highest BCUT2D eigenvalue weighted by Gasteiger charge is 2.37. The van der Waals surface area contributed by atoms with E-state index in [9.17, 15) is 23.5 Å².